The van der Waals surface area contributed by atoms with Gasteiger partial charge in [-0.05, 0) is 17.0 Å². The number of nitrogens with zero attached hydrogens (tertiary/aromatic N) is 1. The summed E-state index contributed by atoms with van der Waals surface area (Å²) in [5.41, 5.74) is 3.23. The van der Waals surface area contributed by atoms with Crippen molar-refractivity contribution >= 4 is 11.3 Å². The van der Waals surface area contributed by atoms with Gasteiger partial charge in [-0.3, -0.25) is 5.10 Å². The minimum atomic E-state index is -0.0720. The van der Waals surface area contributed by atoms with E-state index in [-0.39, 0.29) is 12.6 Å². The number of aromatic amines is 1. The smallest absolute Gasteiger partial charge is 0.0794 e. The van der Waals surface area contributed by atoms with Gasteiger partial charge in [0.1, 0.15) is 0 Å². The summed E-state index contributed by atoms with van der Waals surface area (Å²) < 4.78 is 0. The van der Waals surface area contributed by atoms with Gasteiger partial charge in [0.15, 0.2) is 0 Å². The predicted molar refractivity (Wildman–Crippen MR) is 85.0 cm³/mol. The maximum atomic E-state index is 9.58. The predicted octanol–water partition coefficient (Wildman–Crippen LogP) is 2.96. The van der Waals surface area contributed by atoms with E-state index in [9.17, 15) is 5.11 Å². The highest BCUT2D eigenvalue weighted by atomic mass is 32.1. The zero-order valence-corrected chi connectivity index (χ0v) is 12.3. The Kier molecular flexibility index (Phi) is 4.45. The highest BCUT2D eigenvalue weighted by Gasteiger charge is 2.12. The second kappa shape index (κ2) is 6.67. The molecule has 0 bridgehead atoms. The van der Waals surface area contributed by atoms with Gasteiger partial charge in [0.2, 0.25) is 0 Å². The molecule has 3 N–H and O–H groups in total. The Morgan fingerprint density at radius 3 is 2.76 bits per heavy atom. The minimum absolute atomic E-state index is 0.0657. The summed E-state index contributed by atoms with van der Waals surface area (Å²) >= 11 is 1.68. The van der Waals surface area contributed by atoms with Gasteiger partial charge in [-0.15, -0.1) is 11.3 Å². The van der Waals surface area contributed by atoms with Crippen LogP contribution < -0.4 is 5.32 Å². The van der Waals surface area contributed by atoms with Gasteiger partial charge >= 0.3 is 0 Å². The number of hydrogen-bond donors (Lipinski definition) is 3. The molecule has 0 fully saturated rings. The van der Waals surface area contributed by atoms with E-state index in [1.807, 2.05) is 48.0 Å². The van der Waals surface area contributed by atoms with Crippen LogP contribution in [0.5, 0.6) is 0 Å². The Morgan fingerprint density at radius 1 is 1.19 bits per heavy atom. The fourth-order valence-corrected chi connectivity index (χ4v) is 3.04. The van der Waals surface area contributed by atoms with Crippen LogP contribution in [0.15, 0.2) is 54.0 Å². The minimum Gasteiger partial charge on any atom is -0.394 e. The van der Waals surface area contributed by atoms with Gasteiger partial charge in [0.25, 0.3) is 0 Å². The molecule has 0 saturated heterocycles. The number of H-pyrrole nitrogens is 1. The number of thiophene rings is 1. The SMILES string of the molecule is OCC(NCc1cn[nH]c1-c1cccs1)c1ccccc1. The number of rotatable bonds is 6. The maximum Gasteiger partial charge on any atom is 0.0794 e. The highest BCUT2D eigenvalue weighted by molar-refractivity contribution is 7.13. The van der Waals surface area contributed by atoms with Crippen LogP contribution in [0.3, 0.4) is 0 Å². The van der Waals surface area contributed by atoms with Crippen molar-refractivity contribution in [3.8, 4) is 10.6 Å². The molecular formula is C16H17N3OS. The topological polar surface area (TPSA) is 60.9 Å². The molecule has 0 amide bonds. The molecule has 2 aromatic heterocycles. The molecule has 0 spiro atoms. The fraction of sp³-hybridized carbons (Fsp3) is 0.188. The van der Waals surface area contributed by atoms with Crippen LogP contribution in [0, 0.1) is 0 Å². The van der Waals surface area contributed by atoms with E-state index in [1.165, 1.54) is 4.88 Å². The normalized spacial score (nSPS) is 12.4. The first-order chi connectivity index (χ1) is 10.4. The van der Waals surface area contributed by atoms with Crippen molar-refractivity contribution in [1.82, 2.24) is 15.5 Å². The lowest BCUT2D eigenvalue weighted by atomic mass is 10.1. The Labute approximate surface area is 127 Å². The molecule has 1 aromatic carbocycles. The first-order valence-electron chi connectivity index (χ1n) is 6.84. The second-order valence-corrected chi connectivity index (χ2v) is 5.72. The molecule has 1 unspecified atom stereocenters. The number of benzene rings is 1. The first-order valence-corrected chi connectivity index (χ1v) is 7.71. The van der Waals surface area contributed by atoms with Crippen molar-refractivity contribution in [2.24, 2.45) is 0 Å². The Bertz CT molecular complexity index is 664. The average molecular weight is 299 g/mol. The van der Waals surface area contributed by atoms with E-state index in [0.717, 1.165) is 16.8 Å². The lowest BCUT2D eigenvalue weighted by molar-refractivity contribution is 0.243. The summed E-state index contributed by atoms with van der Waals surface area (Å²) in [6, 6.07) is 14.0. The molecule has 5 heteroatoms. The van der Waals surface area contributed by atoms with Crippen molar-refractivity contribution in [2.75, 3.05) is 6.61 Å². The number of aliphatic hydroxyl groups excluding tert-OH is 1. The van der Waals surface area contributed by atoms with E-state index < -0.39 is 0 Å². The third-order valence-corrected chi connectivity index (χ3v) is 4.30. The third kappa shape index (κ3) is 3.21. The Hall–Kier alpha value is -1.95. The number of hydrogen-bond acceptors (Lipinski definition) is 4. The van der Waals surface area contributed by atoms with Crippen molar-refractivity contribution in [3.63, 3.8) is 0 Å². The lowest BCUT2D eigenvalue weighted by Gasteiger charge is -2.16. The molecule has 21 heavy (non-hydrogen) atoms. The van der Waals surface area contributed by atoms with Crippen molar-refractivity contribution in [1.29, 1.82) is 0 Å². The molecule has 3 rings (SSSR count). The highest BCUT2D eigenvalue weighted by Crippen LogP contribution is 2.26. The van der Waals surface area contributed by atoms with Crippen LogP contribution in [0.2, 0.25) is 0 Å². The van der Waals surface area contributed by atoms with E-state index in [2.05, 4.69) is 21.6 Å². The number of aliphatic hydroxyl groups is 1. The first kappa shape index (κ1) is 14.0. The van der Waals surface area contributed by atoms with E-state index in [1.54, 1.807) is 11.3 Å². The van der Waals surface area contributed by atoms with Gasteiger partial charge in [0, 0.05) is 12.1 Å². The van der Waals surface area contributed by atoms with E-state index in [0.29, 0.717) is 6.54 Å². The standard InChI is InChI=1S/C16H17N3OS/c20-11-14(12-5-2-1-3-6-12)17-9-13-10-18-19-16(13)15-7-4-8-21-15/h1-8,10,14,17,20H,9,11H2,(H,18,19). The molecule has 0 aliphatic carbocycles. The zero-order valence-electron chi connectivity index (χ0n) is 11.5. The van der Waals surface area contributed by atoms with Crippen LogP contribution >= 0.6 is 11.3 Å². The van der Waals surface area contributed by atoms with Gasteiger partial charge in [-0.25, -0.2) is 0 Å². The van der Waals surface area contributed by atoms with E-state index >= 15 is 0 Å². The summed E-state index contributed by atoms with van der Waals surface area (Å²) in [4.78, 5) is 1.17. The van der Waals surface area contributed by atoms with Crippen molar-refractivity contribution in [3.05, 3.63) is 65.2 Å². The molecule has 0 radical (unpaired) electrons. The van der Waals surface area contributed by atoms with Gasteiger partial charge in [0.05, 0.1) is 29.4 Å². The van der Waals surface area contributed by atoms with Gasteiger partial charge in [-0.1, -0.05) is 36.4 Å². The molecule has 0 aliphatic heterocycles. The molecule has 1 atom stereocenters. The maximum absolute atomic E-state index is 9.58. The molecule has 108 valence electrons. The third-order valence-electron chi connectivity index (χ3n) is 3.41. The summed E-state index contributed by atoms with van der Waals surface area (Å²) in [6.45, 7) is 0.722. The molecular weight excluding hydrogens is 282 g/mol. The summed E-state index contributed by atoms with van der Waals surface area (Å²) in [5, 5.41) is 22.2. The molecule has 0 aliphatic rings. The van der Waals surface area contributed by atoms with Crippen molar-refractivity contribution < 1.29 is 5.11 Å². The summed E-state index contributed by atoms with van der Waals surface area (Å²) in [5.74, 6) is 0. The van der Waals surface area contributed by atoms with Crippen molar-refractivity contribution in [2.45, 2.75) is 12.6 Å². The zero-order chi connectivity index (χ0) is 14.5. The van der Waals surface area contributed by atoms with Crippen LogP contribution in [0.25, 0.3) is 10.6 Å². The Morgan fingerprint density at radius 2 is 2.05 bits per heavy atom. The second-order valence-electron chi connectivity index (χ2n) is 4.77. The van der Waals surface area contributed by atoms with Crippen LogP contribution in [0.4, 0.5) is 0 Å². The average Bonchev–Trinajstić information content (AvgIpc) is 3.20. The molecule has 0 saturated carbocycles. The summed E-state index contributed by atoms with van der Waals surface area (Å²) in [6.07, 6.45) is 1.83. The number of aromatic nitrogens is 2. The number of nitrogens with one attached hydrogen (secondary N) is 2. The monoisotopic (exact) mass is 299 g/mol. The van der Waals surface area contributed by atoms with Crippen LogP contribution in [-0.4, -0.2) is 21.9 Å². The molecule has 3 aromatic rings. The largest absolute Gasteiger partial charge is 0.394 e. The lowest BCUT2D eigenvalue weighted by Crippen LogP contribution is -2.24. The van der Waals surface area contributed by atoms with Gasteiger partial charge in [-0.2, -0.15) is 5.10 Å². The van der Waals surface area contributed by atoms with Crippen LogP contribution in [-0.2, 0) is 6.54 Å². The van der Waals surface area contributed by atoms with Gasteiger partial charge < -0.3 is 10.4 Å². The molecule has 2 heterocycles. The van der Waals surface area contributed by atoms with Crippen LogP contribution in [0.1, 0.15) is 17.2 Å². The molecule has 4 nitrogen and oxygen atoms in total. The van der Waals surface area contributed by atoms with E-state index in [4.69, 9.17) is 0 Å². The summed E-state index contributed by atoms with van der Waals surface area (Å²) in [7, 11) is 0. The quantitative estimate of drug-likeness (QED) is 0.656. The fourth-order valence-electron chi connectivity index (χ4n) is 2.29. The Balaban J connectivity index is 1.72.